The van der Waals surface area contributed by atoms with Gasteiger partial charge in [-0.05, 0) is 24.1 Å². The molecule has 0 saturated heterocycles. The lowest BCUT2D eigenvalue weighted by Crippen LogP contribution is -2.29. The van der Waals surface area contributed by atoms with Crippen molar-refractivity contribution < 1.29 is 19.0 Å². The van der Waals surface area contributed by atoms with Crippen LogP contribution in [-0.4, -0.2) is 45.7 Å². The van der Waals surface area contributed by atoms with Crippen LogP contribution < -0.4 is 14.2 Å². The molecule has 0 bridgehead atoms. The molecular formula is C16H25NO4. The highest BCUT2D eigenvalue weighted by Gasteiger charge is 2.16. The van der Waals surface area contributed by atoms with Gasteiger partial charge in [0, 0.05) is 13.6 Å². The van der Waals surface area contributed by atoms with E-state index in [4.69, 9.17) is 14.2 Å². The monoisotopic (exact) mass is 295 g/mol. The van der Waals surface area contributed by atoms with Crippen LogP contribution in [0.15, 0.2) is 12.1 Å². The highest BCUT2D eigenvalue weighted by atomic mass is 16.5. The van der Waals surface area contributed by atoms with E-state index in [0.29, 0.717) is 23.7 Å². The quantitative estimate of drug-likeness (QED) is 0.739. The minimum Gasteiger partial charge on any atom is -0.493 e. The molecule has 21 heavy (non-hydrogen) atoms. The molecule has 0 aromatic heterocycles. The molecule has 1 aromatic rings. The Morgan fingerprint density at radius 1 is 1.10 bits per heavy atom. The molecule has 0 fully saturated rings. The largest absolute Gasteiger partial charge is 0.493 e. The number of hydrogen-bond acceptors (Lipinski definition) is 4. The van der Waals surface area contributed by atoms with Crippen LogP contribution >= 0.6 is 0 Å². The maximum absolute atomic E-state index is 12.2. The number of amides is 1. The second-order valence-electron chi connectivity index (χ2n) is 4.88. The Hall–Kier alpha value is -1.91. The summed E-state index contributed by atoms with van der Waals surface area (Å²) in [5, 5.41) is 0. The van der Waals surface area contributed by atoms with Crippen LogP contribution in [0.5, 0.6) is 17.2 Å². The van der Waals surface area contributed by atoms with E-state index in [1.807, 2.05) is 19.2 Å². The fraction of sp³-hybridized carbons (Fsp3) is 0.562. The molecule has 118 valence electrons. The first-order valence-corrected chi connectivity index (χ1v) is 7.10. The summed E-state index contributed by atoms with van der Waals surface area (Å²) in [6, 6.07) is 3.62. The third kappa shape index (κ3) is 4.55. The topological polar surface area (TPSA) is 48.0 Å². The summed E-state index contributed by atoms with van der Waals surface area (Å²) < 4.78 is 15.9. The van der Waals surface area contributed by atoms with Gasteiger partial charge < -0.3 is 19.1 Å². The van der Waals surface area contributed by atoms with Crippen LogP contribution in [-0.2, 0) is 11.2 Å². The summed E-state index contributed by atoms with van der Waals surface area (Å²) in [7, 11) is 6.52. The summed E-state index contributed by atoms with van der Waals surface area (Å²) in [6.07, 6.45) is 2.40. The number of carbonyl (C=O) groups is 1. The predicted molar refractivity (Wildman–Crippen MR) is 82.3 cm³/mol. The van der Waals surface area contributed by atoms with E-state index in [1.54, 1.807) is 26.2 Å². The van der Waals surface area contributed by atoms with Gasteiger partial charge >= 0.3 is 0 Å². The summed E-state index contributed by atoms with van der Waals surface area (Å²) in [5.74, 6) is 1.75. The van der Waals surface area contributed by atoms with Crippen molar-refractivity contribution in [2.24, 2.45) is 0 Å². The highest BCUT2D eigenvalue weighted by molar-refractivity contribution is 5.79. The van der Waals surface area contributed by atoms with Crippen molar-refractivity contribution in [2.75, 3.05) is 34.9 Å². The number of rotatable bonds is 8. The van der Waals surface area contributed by atoms with Gasteiger partial charge in [0.25, 0.3) is 0 Å². The van der Waals surface area contributed by atoms with Crippen LogP contribution in [0.1, 0.15) is 25.3 Å². The van der Waals surface area contributed by atoms with Gasteiger partial charge in [-0.2, -0.15) is 0 Å². The van der Waals surface area contributed by atoms with E-state index in [-0.39, 0.29) is 5.91 Å². The molecule has 0 atom stereocenters. The standard InChI is InChI=1S/C16H25NO4/c1-6-7-8-17(2)15(18)11-12-9-13(19-3)16(21-5)14(10-12)20-4/h9-10H,6-8,11H2,1-5H3. The molecule has 0 spiro atoms. The number of methoxy groups -OCH3 is 3. The molecule has 5 nitrogen and oxygen atoms in total. The van der Waals surface area contributed by atoms with Crippen molar-refractivity contribution in [3.05, 3.63) is 17.7 Å². The fourth-order valence-electron chi connectivity index (χ4n) is 2.07. The molecule has 1 aromatic carbocycles. The highest BCUT2D eigenvalue weighted by Crippen LogP contribution is 2.38. The molecule has 0 aliphatic rings. The van der Waals surface area contributed by atoms with Crippen LogP contribution in [0.2, 0.25) is 0 Å². The third-order valence-electron chi connectivity index (χ3n) is 3.35. The minimum absolute atomic E-state index is 0.0812. The zero-order valence-electron chi connectivity index (χ0n) is 13.6. The van der Waals surface area contributed by atoms with Gasteiger partial charge in [-0.1, -0.05) is 13.3 Å². The number of nitrogens with zero attached hydrogens (tertiary/aromatic N) is 1. The van der Waals surface area contributed by atoms with E-state index >= 15 is 0 Å². The Morgan fingerprint density at radius 3 is 2.10 bits per heavy atom. The van der Waals surface area contributed by atoms with Crippen molar-refractivity contribution in [2.45, 2.75) is 26.2 Å². The van der Waals surface area contributed by atoms with Crippen LogP contribution in [0.4, 0.5) is 0 Å². The lowest BCUT2D eigenvalue weighted by Gasteiger charge is -2.18. The van der Waals surface area contributed by atoms with E-state index in [1.165, 1.54) is 0 Å². The third-order valence-corrected chi connectivity index (χ3v) is 3.35. The van der Waals surface area contributed by atoms with E-state index in [0.717, 1.165) is 24.9 Å². The van der Waals surface area contributed by atoms with Gasteiger partial charge in [-0.25, -0.2) is 0 Å². The van der Waals surface area contributed by atoms with Gasteiger partial charge in [0.2, 0.25) is 11.7 Å². The first kappa shape index (κ1) is 17.1. The molecule has 0 aliphatic carbocycles. The smallest absolute Gasteiger partial charge is 0.226 e. The van der Waals surface area contributed by atoms with Gasteiger partial charge in [0.05, 0.1) is 27.8 Å². The number of hydrogen-bond donors (Lipinski definition) is 0. The first-order chi connectivity index (χ1) is 10.1. The van der Waals surface area contributed by atoms with Crippen LogP contribution in [0.25, 0.3) is 0 Å². The first-order valence-electron chi connectivity index (χ1n) is 7.10. The van der Waals surface area contributed by atoms with Crippen molar-refractivity contribution in [1.29, 1.82) is 0 Å². The number of ether oxygens (including phenoxy) is 3. The molecule has 5 heteroatoms. The number of benzene rings is 1. The van der Waals surface area contributed by atoms with E-state index in [9.17, 15) is 4.79 Å². The average molecular weight is 295 g/mol. The molecule has 1 amide bonds. The maximum atomic E-state index is 12.2. The van der Waals surface area contributed by atoms with Crippen LogP contribution in [0.3, 0.4) is 0 Å². The summed E-state index contributed by atoms with van der Waals surface area (Å²) in [6.45, 7) is 2.89. The molecular weight excluding hydrogens is 270 g/mol. The second-order valence-corrected chi connectivity index (χ2v) is 4.88. The SMILES string of the molecule is CCCCN(C)C(=O)Cc1cc(OC)c(OC)c(OC)c1. The number of unbranched alkanes of at least 4 members (excludes halogenated alkanes) is 1. The minimum atomic E-state index is 0.0812. The molecule has 0 unspecified atom stereocenters. The zero-order chi connectivity index (χ0) is 15.8. The van der Waals surface area contributed by atoms with E-state index < -0.39 is 0 Å². The molecule has 0 heterocycles. The maximum Gasteiger partial charge on any atom is 0.226 e. The zero-order valence-corrected chi connectivity index (χ0v) is 13.6. The predicted octanol–water partition coefficient (Wildman–Crippen LogP) is 2.51. The van der Waals surface area contributed by atoms with Crippen molar-refractivity contribution >= 4 is 5.91 Å². The number of carbonyl (C=O) groups excluding carboxylic acids is 1. The summed E-state index contributed by atoms with van der Waals surface area (Å²) in [5.41, 5.74) is 0.845. The second kappa shape index (κ2) is 8.39. The van der Waals surface area contributed by atoms with Crippen molar-refractivity contribution in [1.82, 2.24) is 4.90 Å². The Labute approximate surface area is 126 Å². The summed E-state index contributed by atoms with van der Waals surface area (Å²) >= 11 is 0. The Morgan fingerprint density at radius 2 is 1.67 bits per heavy atom. The Kier molecular flexibility index (Phi) is 6.85. The molecule has 0 N–H and O–H groups in total. The van der Waals surface area contributed by atoms with Gasteiger partial charge in [0.15, 0.2) is 11.5 Å². The van der Waals surface area contributed by atoms with Crippen molar-refractivity contribution in [3.63, 3.8) is 0 Å². The summed E-state index contributed by atoms with van der Waals surface area (Å²) in [4.78, 5) is 13.9. The molecule has 0 saturated carbocycles. The number of likely N-dealkylation sites (N-methyl/N-ethyl adjacent to an activating group) is 1. The van der Waals surface area contributed by atoms with Crippen LogP contribution in [0, 0.1) is 0 Å². The Balaban J connectivity index is 2.91. The average Bonchev–Trinajstić information content (AvgIpc) is 2.51. The lowest BCUT2D eigenvalue weighted by atomic mass is 10.1. The Bertz CT molecular complexity index is 448. The fourth-order valence-corrected chi connectivity index (χ4v) is 2.07. The van der Waals surface area contributed by atoms with Gasteiger partial charge in [0.1, 0.15) is 0 Å². The van der Waals surface area contributed by atoms with Crippen molar-refractivity contribution in [3.8, 4) is 17.2 Å². The molecule has 0 aliphatic heterocycles. The molecule has 1 rings (SSSR count). The van der Waals surface area contributed by atoms with Gasteiger partial charge in [-0.15, -0.1) is 0 Å². The molecule has 0 radical (unpaired) electrons. The van der Waals surface area contributed by atoms with Gasteiger partial charge in [-0.3, -0.25) is 4.79 Å². The lowest BCUT2D eigenvalue weighted by molar-refractivity contribution is -0.129. The normalized spacial score (nSPS) is 10.1. The van der Waals surface area contributed by atoms with E-state index in [2.05, 4.69) is 6.92 Å².